The van der Waals surface area contributed by atoms with E-state index in [4.69, 9.17) is 10.1 Å². The molecule has 0 fully saturated rings. The number of phenolic OH excluding ortho intramolecular Hbond substituents is 1. The summed E-state index contributed by atoms with van der Waals surface area (Å²) in [5.41, 5.74) is 3.35. The fraction of sp³-hybridized carbons (Fsp3) is 0.259. The average Bonchev–Trinajstić information content (AvgIpc) is 3.29. The van der Waals surface area contributed by atoms with E-state index in [1.807, 2.05) is 37.7 Å². The van der Waals surface area contributed by atoms with Crippen molar-refractivity contribution in [2.75, 3.05) is 6.54 Å². The number of rotatable bonds is 8. The van der Waals surface area contributed by atoms with Gasteiger partial charge in [0.15, 0.2) is 0 Å². The number of hydrogen-bond acceptors (Lipinski definition) is 5. The van der Waals surface area contributed by atoms with Crippen molar-refractivity contribution in [3.05, 3.63) is 84.2 Å². The molecule has 2 aromatic heterocycles. The van der Waals surface area contributed by atoms with Crippen molar-refractivity contribution in [3.63, 3.8) is 0 Å². The highest BCUT2D eigenvalue weighted by Gasteiger charge is 2.17. The van der Waals surface area contributed by atoms with Crippen LogP contribution in [0.15, 0.2) is 67.0 Å². The van der Waals surface area contributed by atoms with Gasteiger partial charge in [-0.15, -0.1) is 0 Å². The number of benzene rings is 2. The predicted molar refractivity (Wildman–Crippen MR) is 132 cm³/mol. The second kappa shape index (κ2) is 10.5. The van der Waals surface area contributed by atoms with Crippen LogP contribution in [0.2, 0.25) is 0 Å². The molecule has 2 heterocycles. The van der Waals surface area contributed by atoms with Crippen LogP contribution in [0.1, 0.15) is 43.0 Å². The zero-order valence-electron chi connectivity index (χ0n) is 19.9. The third-order valence-electron chi connectivity index (χ3n) is 5.65. The largest absolute Gasteiger partial charge is 0.507 e. The number of hydrogen-bond donors (Lipinski definition) is 2. The van der Waals surface area contributed by atoms with Crippen molar-refractivity contribution in [1.82, 2.24) is 25.1 Å². The highest BCUT2D eigenvalue weighted by molar-refractivity contribution is 5.96. The molecule has 0 aliphatic heterocycles. The molecule has 0 saturated carbocycles. The van der Waals surface area contributed by atoms with E-state index >= 15 is 0 Å². The second-order valence-electron chi connectivity index (χ2n) is 8.87. The lowest BCUT2D eigenvalue weighted by Crippen LogP contribution is -2.29. The van der Waals surface area contributed by atoms with Crippen LogP contribution in [0, 0.1) is 11.7 Å². The number of halogens is 1. The van der Waals surface area contributed by atoms with E-state index in [1.165, 1.54) is 18.2 Å². The molecular formula is C27H28FN5O2. The minimum Gasteiger partial charge on any atom is -0.507 e. The highest BCUT2D eigenvalue weighted by Crippen LogP contribution is 2.31. The molecule has 1 unspecified atom stereocenters. The highest BCUT2D eigenvalue weighted by atomic mass is 19.1. The van der Waals surface area contributed by atoms with Gasteiger partial charge in [-0.1, -0.05) is 19.1 Å². The number of phenols is 1. The molecule has 0 saturated heterocycles. The molecule has 0 spiro atoms. The first kappa shape index (κ1) is 24.1. The van der Waals surface area contributed by atoms with Crippen LogP contribution in [-0.4, -0.2) is 37.3 Å². The molecule has 0 aliphatic carbocycles. The Morgan fingerprint density at radius 1 is 1.09 bits per heavy atom. The number of amides is 1. The number of aromatic hydroxyl groups is 1. The zero-order valence-corrected chi connectivity index (χ0v) is 19.9. The summed E-state index contributed by atoms with van der Waals surface area (Å²) >= 11 is 0. The Bertz CT molecular complexity index is 1320. The van der Waals surface area contributed by atoms with Gasteiger partial charge >= 0.3 is 0 Å². The predicted octanol–water partition coefficient (Wildman–Crippen LogP) is 5.04. The molecule has 7 nitrogen and oxygen atoms in total. The van der Waals surface area contributed by atoms with E-state index in [9.17, 15) is 14.3 Å². The van der Waals surface area contributed by atoms with Gasteiger partial charge in [0.25, 0.3) is 5.91 Å². The normalized spacial score (nSPS) is 12.0. The third kappa shape index (κ3) is 5.71. The molecule has 180 valence electrons. The maximum Gasteiger partial charge on any atom is 0.255 e. The van der Waals surface area contributed by atoms with Gasteiger partial charge in [0.05, 0.1) is 11.3 Å². The van der Waals surface area contributed by atoms with Crippen LogP contribution in [0.3, 0.4) is 0 Å². The van der Waals surface area contributed by atoms with E-state index in [1.54, 1.807) is 36.5 Å². The van der Waals surface area contributed by atoms with Crippen molar-refractivity contribution >= 4 is 5.91 Å². The number of aromatic nitrogens is 4. The van der Waals surface area contributed by atoms with Gasteiger partial charge in [0, 0.05) is 42.5 Å². The van der Waals surface area contributed by atoms with Crippen molar-refractivity contribution < 1.29 is 14.3 Å². The molecule has 35 heavy (non-hydrogen) atoms. The molecule has 0 aliphatic rings. The van der Waals surface area contributed by atoms with Gasteiger partial charge < -0.3 is 10.4 Å². The van der Waals surface area contributed by atoms with Gasteiger partial charge in [-0.25, -0.2) is 14.4 Å². The molecule has 2 aromatic carbocycles. The van der Waals surface area contributed by atoms with E-state index in [2.05, 4.69) is 10.3 Å². The Kier molecular flexibility index (Phi) is 7.19. The van der Waals surface area contributed by atoms with E-state index in [0.29, 0.717) is 18.8 Å². The van der Waals surface area contributed by atoms with Crippen molar-refractivity contribution in [2.24, 2.45) is 5.92 Å². The molecule has 0 bridgehead atoms. The summed E-state index contributed by atoms with van der Waals surface area (Å²) in [6, 6.07) is 14.7. The molecule has 4 rings (SSSR count). The fourth-order valence-electron chi connectivity index (χ4n) is 3.72. The first-order valence-electron chi connectivity index (χ1n) is 11.6. The number of carbonyl (C=O) groups is 1. The van der Waals surface area contributed by atoms with Crippen LogP contribution < -0.4 is 5.32 Å². The lowest BCUT2D eigenvalue weighted by atomic mass is 10.0. The van der Waals surface area contributed by atoms with E-state index in [0.717, 1.165) is 22.5 Å². The Morgan fingerprint density at radius 3 is 2.54 bits per heavy atom. The maximum atomic E-state index is 13.5. The van der Waals surface area contributed by atoms with E-state index < -0.39 is 0 Å². The summed E-state index contributed by atoms with van der Waals surface area (Å²) in [6.45, 7) is 6.50. The summed E-state index contributed by atoms with van der Waals surface area (Å²) in [5, 5.41) is 17.5. The van der Waals surface area contributed by atoms with Crippen LogP contribution in [0.4, 0.5) is 4.39 Å². The smallest absolute Gasteiger partial charge is 0.255 e. The molecule has 0 radical (unpaired) electrons. The average molecular weight is 474 g/mol. The summed E-state index contributed by atoms with van der Waals surface area (Å²) in [4.78, 5) is 21.6. The lowest BCUT2D eigenvalue weighted by Gasteiger charge is -2.13. The molecule has 4 aromatic rings. The quantitative estimate of drug-likeness (QED) is 0.374. The van der Waals surface area contributed by atoms with Crippen LogP contribution in [-0.2, 0) is 6.42 Å². The van der Waals surface area contributed by atoms with Crippen molar-refractivity contribution in [2.45, 2.75) is 33.2 Å². The SMILES string of the molecule is CC(CNC(=O)c1ccccc1O)Cc1nccc(-c2cn(C(C)C)nc2-c2ccc(F)cc2)n1. The zero-order chi connectivity index (χ0) is 24.9. The summed E-state index contributed by atoms with van der Waals surface area (Å²) in [5.74, 6) is 0.0397. The molecule has 2 N–H and O–H groups in total. The first-order chi connectivity index (χ1) is 16.8. The molecule has 1 atom stereocenters. The van der Waals surface area contributed by atoms with Crippen molar-refractivity contribution in [1.29, 1.82) is 0 Å². The van der Waals surface area contributed by atoms with Gasteiger partial charge in [-0.2, -0.15) is 5.10 Å². The Balaban J connectivity index is 1.51. The van der Waals surface area contributed by atoms with Crippen LogP contribution in [0.25, 0.3) is 22.5 Å². The molecular weight excluding hydrogens is 445 g/mol. The molecule has 8 heteroatoms. The topological polar surface area (TPSA) is 92.9 Å². The summed E-state index contributed by atoms with van der Waals surface area (Å²) < 4.78 is 15.3. The number of para-hydroxylation sites is 1. The minimum absolute atomic E-state index is 0.0485. The minimum atomic E-state index is -0.324. The summed E-state index contributed by atoms with van der Waals surface area (Å²) in [7, 11) is 0. The number of carbonyl (C=O) groups excluding carboxylic acids is 1. The monoisotopic (exact) mass is 473 g/mol. The first-order valence-corrected chi connectivity index (χ1v) is 11.6. The van der Waals surface area contributed by atoms with Gasteiger partial charge in [0.2, 0.25) is 0 Å². The molecule has 1 amide bonds. The second-order valence-corrected chi connectivity index (χ2v) is 8.87. The van der Waals surface area contributed by atoms with Crippen LogP contribution >= 0.6 is 0 Å². The number of nitrogens with one attached hydrogen (secondary N) is 1. The van der Waals surface area contributed by atoms with E-state index in [-0.39, 0.29) is 35.0 Å². The fourth-order valence-corrected chi connectivity index (χ4v) is 3.72. The van der Waals surface area contributed by atoms with Crippen LogP contribution in [0.5, 0.6) is 5.75 Å². The van der Waals surface area contributed by atoms with Gasteiger partial charge in [-0.3, -0.25) is 9.48 Å². The standard InChI is InChI=1S/C27H28FN5O2/c1-17(2)33-16-22(26(32-33)19-8-10-20(28)11-9-19)23-12-13-29-25(31-23)14-18(3)15-30-27(35)21-6-4-5-7-24(21)34/h4-13,16-18,34H,14-15H2,1-3H3,(H,30,35). The number of nitrogens with zero attached hydrogens (tertiary/aromatic N) is 4. The van der Waals surface area contributed by atoms with Crippen molar-refractivity contribution in [3.8, 4) is 28.3 Å². The Morgan fingerprint density at radius 2 is 1.83 bits per heavy atom. The van der Waals surface area contributed by atoms with Gasteiger partial charge in [-0.05, 0) is 62.2 Å². The Labute approximate surface area is 203 Å². The van der Waals surface area contributed by atoms with Gasteiger partial charge in [0.1, 0.15) is 23.1 Å². The third-order valence-corrected chi connectivity index (χ3v) is 5.65. The summed E-state index contributed by atoms with van der Waals surface area (Å²) in [6.07, 6.45) is 4.22. The lowest BCUT2D eigenvalue weighted by molar-refractivity contribution is 0.0945. The Hall–Kier alpha value is -4.07. The maximum absolute atomic E-state index is 13.5.